The zero-order valence-electron chi connectivity index (χ0n) is 26.7. The number of aromatic amines is 1. The van der Waals surface area contributed by atoms with Crippen molar-refractivity contribution < 1.29 is 13.6 Å². The first-order chi connectivity index (χ1) is 20.5. The van der Waals surface area contributed by atoms with E-state index in [4.69, 9.17) is 0 Å². The van der Waals surface area contributed by atoms with Crippen LogP contribution in [0.2, 0.25) is 0 Å². The number of nitrogens with one attached hydrogen (secondary N) is 2. The highest BCUT2D eigenvalue weighted by Crippen LogP contribution is 2.31. The third-order valence-electron chi connectivity index (χ3n) is 7.61. The molecule has 0 fully saturated rings. The lowest BCUT2D eigenvalue weighted by Crippen LogP contribution is -2.20. The van der Waals surface area contributed by atoms with Gasteiger partial charge in [0.05, 0.1) is 0 Å². The van der Waals surface area contributed by atoms with E-state index in [-0.39, 0.29) is 11.5 Å². The van der Waals surface area contributed by atoms with Gasteiger partial charge in [-0.15, -0.1) is 0 Å². The SMILES string of the molecule is CCCc1ccc(C(=O)Nc2cc(CCCCN(C)CCC)cc(C(C)(F)F)c2)cc1C.CCc1cnc2[nH]ccc2c1. The highest BCUT2D eigenvalue weighted by molar-refractivity contribution is 6.04. The molecule has 2 aromatic carbocycles. The summed E-state index contributed by atoms with van der Waals surface area (Å²) in [7, 11) is 2.10. The fraction of sp³-hybridized carbons (Fsp3) is 0.444. The van der Waals surface area contributed by atoms with E-state index in [2.05, 4.69) is 54.1 Å². The number of carbonyl (C=O) groups is 1. The lowest BCUT2D eigenvalue weighted by molar-refractivity contribution is 0.0174. The third-order valence-corrected chi connectivity index (χ3v) is 7.61. The maximum absolute atomic E-state index is 14.1. The number of carbonyl (C=O) groups excluding carboxylic acids is 1. The number of alkyl halides is 2. The van der Waals surface area contributed by atoms with E-state index in [1.165, 1.54) is 22.6 Å². The van der Waals surface area contributed by atoms with Crippen LogP contribution in [-0.4, -0.2) is 40.9 Å². The van der Waals surface area contributed by atoms with Crippen LogP contribution >= 0.6 is 0 Å². The van der Waals surface area contributed by atoms with Gasteiger partial charge in [-0.05, 0) is 130 Å². The summed E-state index contributed by atoms with van der Waals surface area (Å²) in [4.78, 5) is 22.4. The number of aryl methyl sites for hydroxylation is 4. The fourth-order valence-electron chi connectivity index (χ4n) is 5.14. The molecular weight excluding hydrogens is 542 g/mol. The number of aromatic nitrogens is 2. The molecule has 4 rings (SSSR count). The zero-order valence-corrected chi connectivity index (χ0v) is 26.7. The van der Waals surface area contributed by atoms with Gasteiger partial charge in [-0.2, -0.15) is 0 Å². The van der Waals surface area contributed by atoms with Gasteiger partial charge >= 0.3 is 0 Å². The second-order valence-electron chi connectivity index (χ2n) is 11.5. The van der Waals surface area contributed by atoms with E-state index >= 15 is 0 Å². The van der Waals surface area contributed by atoms with Gasteiger partial charge in [-0.1, -0.05) is 33.3 Å². The highest BCUT2D eigenvalue weighted by Gasteiger charge is 2.25. The molecule has 0 atom stereocenters. The molecule has 0 aliphatic rings. The smallest absolute Gasteiger partial charge is 0.270 e. The Morgan fingerprint density at radius 1 is 0.953 bits per heavy atom. The molecule has 2 aromatic heterocycles. The largest absolute Gasteiger partial charge is 0.346 e. The topological polar surface area (TPSA) is 61.0 Å². The quantitative estimate of drug-likeness (QED) is 0.153. The number of anilines is 1. The maximum Gasteiger partial charge on any atom is 0.270 e. The van der Waals surface area contributed by atoms with Crippen LogP contribution in [0.1, 0.15) is 91.6 Å². The number of fused-ring (bicyclic) bond motifs is 1. The molecule has 232 valence electrons. The molecule has 2 heterocycles. The third kappa shape index (κ3) is 10.6. The second kappa shape index (κ2) is 16.3. The molecule has 5 nitrogen and oxygen atoms in total. The van der Waals surface area contributed by atoms with Crippen molar-refractivity contribution in [1.82, 2.24) is 14.9 Å². The molecule has 0 saturated heterocycles. The van der Waals surface area contributed by atoms with E-state index in [1.54, 1.807) is 12.1 Å². The number of halogens is 2. The van der Waals surface area contributed by atoms with Crippen molar-refractivity contribution in [3.05, 3.63) is 94.3 Å². The zero-order chi connectivity index (χ0) is 31.4. The molecular formula is C36H48F2N4O. The van der Waals surface area contributed by atoms with Crippen molar-refractivity contribution in [3.63, 3.8) is 0 Å². The molecule has 43 heavy (non-hydrogen) atoms. The number of nitrogens with zero attached hydrogens (tertiary/aromatic N) is 2. The predicted octanol–water partition coefficient (Wildman–Crippen LogP) is 9.10. The van der Waals surface area contributed by atoms with Gasteiger partial charge < -0.3 is 15.2 Å². The first-order valence-corrected chi connectivity index (χ1v) is 15.6. The average molecular weight is 591 g/mol. The number of benzene rings is 2. The number of hydrogen-bond acceptors (Lipinski definition) is 3. The average Bonchev–Trinajstić information content (AvgIpc) is 3.44. The first kappa shape index (κ1) is 33.9. The van der Waals surface area contributed by atoms with Crippen LogP contribution in [0.25, 0.3) is 11.0 Å². The van der Waals surface area contributed by atoms with Gasteiger partial charge in [0, 0.05) is 41.5 Å². The predicted molar refractivity (Wildman–Crippen MR) is 175 cm³/mol. The Hall–Kier alpha value is -3.58. The Labute approximate surface area is 256 Å². The Bertz CT molecular complexity index is 1460. The Balaban J connectivity index is 0.000000380. The lowest BCUT2D eigenvalue weighted by atomic mass is 10.00. The van der Waals surface area contributed by atoms with Crippen molar-refractivity contribution in [2.75, 3.05) is 25.5 Å². The summed E-state index contributed by atoms with van der Waals surface area (Å²) in [5.41, 5.74) is 6.28. The minimum absolute atomic E-state index is 0.0668. The molecule has 0 aliphatic heterocycles. The summed E-state index contributed by atoms with van der Waals surface area (Å²) in [5.74, 6) is -3.24. The van der Waals surface area contributed by atoms with Crippen LogP contribution in [0.3, 0.4) is 0 Å². The van der Waals surface area contributed by atoms with Gasteiger partial charge in [0.2, 0.25) is 0 Å². The van der Waals surface area contributed by atoms with Crippen LogP contribution in [-0.2, 0) is 25.2 Å². The minimum Gasteiger partial charge on any atom is -0.346 e. The van der Waals surface area contributed by atoms with Gasteiger partial charge in [0.15, 0.2) is 0 Å². The maximum atomic E-state index is 14.1. The monoisotopic (exact) mass is 590 g/mol. The van der Waals surface area contributed by atoms with Crippen molar-refractivity contribution in [1.29, 1.82) is 0 Å². The van der Waals surface area contributed by atoms with Crippen molar-refractivity contribution in [2.45, 2.75) is 85.5 Å². The van der Waals surface area contributed by atoms with Crippen molar-refractivity contribution in [3.8, 4) is 0 Å². The minimum atomic E-state index is -2.96. The highest BCUT2D eigenvalue weighted by atomic mass is 19.3. The van der Waals surface area contributed by atoms with Crippen LogP contribution in [0, 0.1) is 6.92 Å². The number of hydrogen-bond donors (Lipinski definition) is 2. The van der Waals surface area contributed by atoms with Gasteiger partial charge in [-0.25, -0.2) is 13.8 Å². The molecule has 0 spiro atoms. The Morgan fingerprint density at radius 2 is 1.74 bits per heavy atom. The lowest BCUT2D eigenvalue weighted by Gasteiger charge is -2.17. The van der Waals surface area contributed by atoms with Crippen LogP contribution in [0.5, 0.6) is 0 Å². The van der Waals surface area contributed by atoms with Crippen LogP contribution in [0.15, 0.2) is 60.9 Å². The summed E-state index contributed by atoms with van der Waals surface area (Å²) >= 11 is 0. The summed E-state index contributed by atoms with van der Waals surface area (Å²) in [6.07, 6.45) is 10.6. The van der Waals surface area contributed by atoms with Gasteiger partial charge in [0.1, 0.15) is 5.65 Å². The molecule has 1 amide bonds. The molecule has 0 unspecified atom stereocenters. The van der Waals surface area contributed by atoms with Crippen LogP contribution < -0.4 is 5.32 Å². The summed E-state index contributed by atoms with van der Waals surface area (Å²) in [6.45, 7) is 11.4. The molecule has 0 radical (unpaired) electrons. The van der Waals surface area contributed by atoms with E-state index < -0.39 is 5.92 Å². The van der Waals surface area contributed by atoms with E-state index in [0.29, 0.717) is 17.7 Å². The number of rotatable bonds is 13. The van der Waals surface area contributed by atoms with Crippen molar-refractivity contribution >= 4 is 22.6 Å². The Morgan fingerprint density at radius 3 is 2.42 bits per heavy atom. The molecule has 2 N–H and O–H groups in total. The number of H-pyrrole nitrogens is 1. The Kier molecular flexibility index (Phi) is 12.9. The summed E-state index contributed by atoms with van der Waals surface area (Å²) < 4.78 is 28.2. The number of pyridine rings is 1. The van der Waals surface area contributed by atoms with Crippen LogP contribution in [0.4, 0.5) is 14.5 Å². The molecule has 4 aromatic rings. The number of unbranched alkanes of at least 4 members (excludes halogenated alkanes) is 1. The molecule has 0 saturated carbocycles. The van der Waals surface area contributed by atoms with E-state index in [1.807, 2.05) is 43.6 Å². The molecule has 0 bridgehead atoms. The van der Waals surface area contributed by atoms with Gasteiger partial charge in [0.25, 0.3) is 11.8 Å². The second-order valence-corrected chi connectivity index (χ2v) is 11.5. The van der Waals surface area contributed by atoms with E-state index in [9.17, 15) is 13.6 Å². The molecule has 7 heteroatoms. The first-order valence-electron chi connectivity index (χ1n) is 15.6. The fourth-order valence-corrected chi connectivity index (χ4v) is 5.14. The summed E-state index contributed by atoms with van der Waals surface area (Å²) in [6, 6.07) is 14.6. The van der Waals surface area contributed by atoms with E-state index in [0.717, 1.165) is 75.3 Å². The molecule has 0 aliphatic carbocycles. The standard InChI is InChI=1S/C27H38F2N2O.C9H10N2/c1-6-10-22-12-13-23(16-20(22)3)26(32)30-25-18-21(17-24(19-25)27(4,28)29)11-8-9-15-31(5)14-7-2;1-2-7-5-8-3-4-10-9(8)11-6-7/h12-13,16-19H,6-11,14-15H2,1-5H3,(H,30,32);3-6H,2H2,1H3,(H,10,11). The van der Waals surface area contributed by atoms with Gasteiger partial charge in [-0.3, -0.25) is 4.79 Å². The van der Waals surface area contributed by atoms with Crippen molar-refractivity contribution in [2.24, 2.45) is 0 Å². The number of amides is 1. The normalized spacial score (nSPS) is 11.5. The summed E-state index contributed by atoms with van der Waals surface area (Å²) in [5, 5.41) is 4.03.